The normalized spacial score (nSPS) is 13.6. The summed E-state index contributed by atoms with van der Waals surface area (Å²) in [6.07, 6.45) is 4.59. The first-order chi connectivity index (χ1) is 4.31. The molecule has 0 N–H and O–H groups in total. The minimum absolute atomic E-state index is 0.0429. The van der Waals surface area contributed by atoms with Crippen molar-refractivity contribution in [3.05, 3.63) is 12.2 Å². The van der Waals surface area contributed by atoms with E-state index in [-0.39, 0.29) is 6.10 Å². The topological polar surface area (TPSA) is 26.3 Å². The molecule has 0 aromatic carbocycles. The Kier molecular flexibility index (Phi) is 4.88. The van der Waals surface area contributed by atoms with Crippen LogP contribution in [0.4, 0.5) is 0 Å². The van der Waals surface area contributed by atoms with Gasteiger partial charge >= 0.3 is 6.47 Å². The molecule has 0 aromatic heterocycles. The Hall–Kier alpha value is -0.790. The summed E-state index contributed by atoms with van der Waals surface area (Å²) in [4.78, 5) is 9.61. The van der Waals surface area contributed by atoms with E-state index in [2.05, 4.69) is 4.74 Å². The molecule has 0 rings (SSSR count). The van der Waals surface area contributed by atoms with Crippen molar-refractivity contribution in [1.29, 1.82) is 0 Å². The highest BCUT2D eigenvalue weighted by Gasteiger charge is 1.95. The fraction of sp³-hybridized carbons (Fsp3) is 0.571. The molecule has 0 saturated heterocycles. The molecule has 2 nitrogen and oxygen atoms in total. The van der Waals surface area contributed by atoms with Crippen molar-refractivity contribution in [2.24, 2.45) is 0 Å². The molecular weight excluding hydrogens is 116 g/mol. The number of ether oxygens (including phenoxy) is 1. The minimum Gasteiger partial charge on any atom is -0.454 e. The maximum absolute atomic E-state index is 9.61. The van der Waals surface area contributed by atoms with Gasteiger partial charge in [-0.05, 0) is 13.8 Å². The van der Waals surface area contributed by atoms with E-state index in [0.29, 0.717) is 0 Å². The first-order valence-electron chi connectivity index (χ1n) is 2.95. The second-order valence-electron chi connectivity index (χ2n) is 1.82. The van der Waals surface area contributed by atoms with Gasteiger partial charge in [0.1, 0.15) is 6.10 Å². The van der Waals surface area contributed by atoms with Crippen LogP contribution in [0.2, 0.25) is 0 Å². The predicted molar refractivity (Wildman–Crippen MR) is 35.7 cm³/mol. The van der Waals surface area contributed by atoms with E-state index >= 15 is 0 Å². The second kappa shape index (κ2) is 5.35. The van der Waals surface area contributed by atoms with Gasteiger partial charge < -0.3 is 4.74 Å². The summed E-state index contributed by atoms with van der Waals surface area (Å²) in [5, 5.41) is 0. The molecule has 0 aromatic rings. The zero-order valence-corrected chi connectivity index (χ0v) is 5.76. The van der Waals surface area contributed by atoms with Crippen LogP contribution in [-0.4, -0.2) is 12.6 Å². The van der Waals surface area contributed by atoms with Crippen LogP contribution >= 0.6 is 0 Å². The molecule has 2 heteroatoms. The summed E-state index contributed by atoms with van der Waals surface area (Å²) in [6.45, 7) is 5.14. The number of hydrogen-bond acceptors (Lipinski definition) is 2. The van der Waals surface area contributed by atoms with E-state index in [4.69, 9.17) is 0 Å². The SMILES string of the molecule is CC=CCC(C)O[C]=O. The molecule has 9 heavy (non-hydrogen) atoms. The zero-order valence-electron chi connectivity index (χ0n) is 5.76. The highest BCUT2D eigenvalue weighted by molar-refractivity contribution is 5.38. The monoisotopic (exact) mass is 127 g/mol. The Morgan fingerprint density at radius 3 is 2.89 bits per heavy atom. The molecule has 0 aliphatic rings. The maximum Gasteiger partial charge on any atom is 0.417 e. The molecule has 0 aliphatic heterocycles. The minimum atomic E-state index is -0.0429. The van der Waals surface area contributed by atoms with E-state index in [0.717, 1.165) is 6.42 Å². The summed E-state index contributed by atoms with van der Waals surface area (Å²) in [7, 11) is 0. The molecule has 1 radical (unpaired) electrons. The third-order valence-corrected chi connectivity index (χ3v) is 0.953. The van der Waals surface area contributed by atoms with Crippen molar-refractivity contribution in [3.8, 4) is 0 Å². The van der Waals surface area contributed by atoms with Crippen LogP contribution in [0.25, 0.3) is 0 Å². The van der Waals surface area contributed by atoms with Gasteiger partial charge in [0.25, 0.3) is 0 Å². The second-order valence-corrected chi connectivity index (χ2v) is 1.82. The molecule has 0 saturated carbocycles. The van der Waals surface area contributed by atoms with E-state index < -0.39 is 0 Å². The van der Waals surface area contributed by atoms with Crippen molar-refractivity contribution in [2.75, 3.05) is 0 Å². The van der Waals surface area contributed by atoms with Gasteiger partial charge in [0.2, 0.25) is 0 Å². The van der Waals surface area contributed by atoms with E-state index in [1.807, 2.05) is 26.0 Å². The molecule has 51 valence electrons. The van der Waals surface area contributed by atoms with Crippen molar-refractivity contribution < 1.29 is 9.53 Å². The number of rotatable bonds is 4. The summed E-state index contributed by atoms with van der Waals surface area (Å²) in [5.74, 6) is 0. The lowest BCUT2D eigenvalue weighted by Crippen LogP contribution is -2.04. The quantitative estimate of drug-likeness (QED) is 0.534. The molecule has 1 atom stereocenters. The highest BCUT2D eigenvalue weighted by atomic mass is 16.5. The van der Waals surface area contributed by atoms with E-state index in [1.165, 1.54) is 6.47 Å². The van der Waals surface area contributed by atoms with Crippen molar-refractivity contribution in [1.82, 2.24) is 0 Å². The third-order valence-electron chi connectivity index (χ3n) is 0.953. The number of allylic oxidation sites excluding steroid dienone is 1. The molecular formula is C7H11O2. The fourth-order valence-corrected chi connectivity index (χ4v) is 0.458. The van der Waals surface area contributed by atoms with Gasteiger partial charge in [-0.25, -0.2) is 4.79 Å². The van der Waals surface area contributed by atoms with Crippen LogP contribution in [0.15, 0.2) is 12.2 Å². The summed E-state index contributed by atoms with van der Waals surface area (Å²) >= 11 is 0. The summed E-state index contributed by atoms with van der Waals surface area (Å²) in [5.41, 5.74) is 0. The molecule has 1 unspecified atom stereocenters. The van der Waals surface area contributed by atoms with E-state index in [1.54, 1.807) is 0 Å². The molecule has 0 spiro atoms. The van der Waals surface area contributed by atoms with Crippen LogP contribution in [0.5, 0.6) is 0 Å². The third kappa shape index (κ3) is 5.07. The standard InChI is InChI=1S/C7H11O2/c1-3-4-5-7(2)9-6-8/h3-4,7H,5H2,1-2H3. The van der Waals surface area contributed by atoms with E-state index in [9.17, 15) is 4.79 Å². The first kappa shape index (κ1) is 8.21. The lowest BCUT2D eigenvalue weighted by atomic mass is 10.3. The van der Waals surface area contributed by atoms with Crippen LogP contribution in [0.3, 0.4) is 0 Å². The Balaban J connectivity index is 3.25. The smallest absolute Gasteiger partial charge is 0.417 e. The number of carbonyl (C=O) groups excluding carboxylic acids is 1. The van der Waals surface area contributed by atoms with Crippen LogP contribution in [0, 0.1) is 0 Å². The zero-order chi connectivity index (χ0) is 7.11. The summed E-state index contributed by atoms with van der Waals surface area (Å²) < 4.78 is 4.49. The lowest BCUT2D eigenvalue weighted by Gasteiger charge is -2.02. The van der Waals surface area contributed by atoms with Crippen molar-refractivity contribution in [3.63, 3.8) is 0 Å². The Labute approximate surface area is 55.5 Å². The van der Waals surface area contributed by atoms with Gasteiger partial charge in [-0.1, -0.05) is 12.2 Å². The van der Waals surface area contributed by atoms with Crippen LogP contribution < -0.4 is 0 Å². The first-order valence-corrected chi connectivity index (χ1v) is 2.95. The number of hydrogen-bond donors (Lipinski definition) is 0. The molecule has 0 bridgehead atoms. The Morgan fingerprint density at radius 2 is 2.44 bits per heavy atom. The van der Waals surface area contributed by atoms with Gasteiger partial charge in [0.15, 0.2) is 0 Å². The summed E-state index contributed by atoms with van der Waals surface area (Å²) in [6, 6.07) is 0. The molecule has 0 amide bonds. The van der Waals surface area contributed by atoms with Gasteiger partial charge in [-0.2, -0.15) is 0 Å². The van der Waals surface area contributed by atoms with Crippen LogP contribution in [-0.2, 0) is 9.53 Å². The Bertz CT molecular complexity index is 97.1. The van der Waals surface area contributed by atoms with Gasteiger partial charge in [-0.15, -0.1) is 0 Å². The fourth-order valence-electron chi connectivity index (χ4n) is 0.458. The van der Waals surface area contributed by atoms with Crippen molar-refractivity contribution in [2.45, 2.75) is 26.4 Å². The van der Waals surface area contributed by atoms with Gasteiger partial charge in [-0.3, -0.25) is 0 Å². The van der Waals surface area contributed by atoms with Crippen LogP contribution in [0.1, 0.15) is 20.3 Å². The molecule has 0 fully saturated rings. The van der Waals surface area contributed by atoms with Gasteiger partial charge in [0.05, 0.1) is 0 Å². The highest BCUT2D eigenvalue weighted by Crippen LogP contribution is 1.95. The largest absolute Gasteiger partial charge is 0.454 e. The lowest BCUT2D eigenvalue weighted by molar-refractivity contribution is 0.197. The van der Waals surface area contributed by atoms with Gasteiger partial charge in [0, 0.05) is 6.42 Å². The Morgan fingerprint density at radius 1 is 1.78 bits per heavy atom. The van der Waals surface area contributed by atoms with Crippen molar-refractivity contribution >= 4 is 6.47 Å². The maximum atomic E-state index is 9.61. The molecule has 0 aliphatic carbocycles. The average Bonchev–Trinajstić information content (AvgIpc) is 1.85. The predicted octanol–water partition coefficient (Wildman–Crippen LogP) is 1.42. The molecule has 0 heterocycles. The average molecular weight is 127 g/mol.